The molecule has 0 radical (unpaired) electrons. The second-order valence-electron chi connectivity index (χ2n) is 4.25. The standard InChI is InChI=1S/C11H12F3N5/c1-6(2)17-9-4-7(10-15-5-16-19-10)3-8(18-9)11(12,13)14/h3-6H,1-2H3,(H,17,18)(H,15,16,19). The molecule has 8 heteroatoms. The van der Waals surface area contributed by atoms with Crippen LogP contribution >= 0.6 is 0 Å². The molecule has 0 aliphatic carbocycles. The number of nitrogens with zero attached hydrogens (tertiary/aromatic N) is 3. The van der Waals surface area contributed by atoms with E-state index in [9.17, 15) is 13.2 Å². The molecular formula is C11H12F3N5. The van der Waals surface area contributed by atoms with Gasteiger partial charge in [-0.05, 0) is 26.0 Å². The molecule has 0 saturated heterocycles. The Morgan fingerprint density at radius 2 is 2.00 bits per heavy atom. The van der Waals surface area contributed by atoms with Crippen LogP contribution in [0.3, 0.4) is 0 Å². The summed E-state index contributed by atoms with van der Waals surface area (Å²) in [6.45, 7) is 3.63. The van der Waals surface area contributed by atoms with Crippen LogP contribution in [0, 0.1) is 0 Å². The topological polar surface area (TPSA) is 66.5 Å². The minimum Gasteiger partial charge on any atom is -0.368 e. The van der Waals surface area contributed by atoms with E-state index in [0.717, 1.165) is 6.07 Å². The zero-order valence-corrected chi connectivity index (χ0v) is 10.3. The average Bonchev–Trinajstić information content (AvgIpc) is 2.79. The van der Waals surface area contributed by atoms with Crippen LogP contribution in [-0.4, -0.2) is 26.2 Å². The lowest BCUT2D eigenvalue weighted by molar-refractivity contribution is -0.141. The first kappa shape index (κ1) is 13.3. The molecule has 0 amide bonds. The first-order chi connectivity index (χ1) is 8.86. The van der Waals surface area contributed by atoms with Crippen molar-refractivity contribution in [2.75, 3.05) is 5.32 Å². The van der Waals surface area contributed by atoms with Crippen molar-refractivity contribution < 1.29 is 13.2 Å². The predicted molar refractivity (Wildman–Crippen MR) is 63.4 cm³/mol. The normalized spacial score (nSPS) is 11.9. The van der Waals surface area contributed by atoms with Crippen LogP contribution in [0.15, 0.2) is 18.5 Å². The summed E-state index contributed by atoms with van der Waals surface area (Å²) in [5.41, 5.74) is -0.718. The minimum absolute atomic E-state index is 0.0315. The molecule has 2 heterocycles. The van der Waals surface area contributed by atoms with Gasteiger partial charge in [0.25, 0.3) is 0 Å². The van der Waals surface area contributed by atoms with Crippen molar-refractivity contribution in [3.05, 3.63) is 24.2 Å². The van der Waals surface area contributed by atoms with Crippen LogP contribution in [-0.2, 0) is 6.18 Å². The van der Waals surface area contributed by atoms with Gasteiger partial charge in [-0.2, -0.15) is 18.3 Å². The molecule has 0 atom stereocenters. The molecule has 0 fully saturated rings. The molecule has 2 rings (SSSR count). The van der Waals surface area contributed by atoms with Crippen LogP contribution in [0.2, 0.25) is 0 Å². The number of hydrogen-bond acceptors (Lipinski definition) is 4. The number of pyridine rings is 1. The van der Waals surface area contributed by atoms with Crippen molar-refractivity contribution >= 4 is 5.82 Å². The number of nitrogens with one attached hydrogen (secondary N) is 2. The van der Waals surface area contributed by atoms with E-state index in [1.807, 2.05) is 13.8 Å². The Balaban J connectivity index is 2.49. The van der Waals surface area contributed by atoms with Gasteiger partial charge in [0.2, 0.25) is 0 Å². The molecule has 102 valence electrons. The summed E-state index contributed by atoms with van der Waals surface area (Å²) >= 11 is 0. The number of aromatic nitrogens is 4. The number of hydrogen-bond donors (Lipinski definition) is 2. The smallest absolute Gasteiger partial charge is 0.368 e. The summed E-state index contributed by atoms with van der Waals surface area (Å²) in [6.07, 6.45) is -3.21. The van der Waals surface area contributed by atoms with E-state index in [0.29, 0.717) is 0 Å². The number of halogens is 3. The molecule has 0 spiro atoms. The molecule has 0 aliphatic heterocycles. The Bertz CT molecular complexity index is 548. The first-order valence-electron chi connectivity index (χ1n) is 5.58. The van der Waals surface area contributed by atoms with Gasteiger partial charge in [-0.3, -0.25) is 5.10 Å². The van der Waals surface area contributed by atoms with Gasteiger partial charge in [0.1, 0.15) is 17.8 Å². The van der Waals surface area contributed by atoms with Gasteiger partial charge in [0.05, 0.1) is 0 Å². The molecule has 0 saturated carbocycles. The van der Waals surface area contributed by atoms with Crippen LogP contribution in [0.4, 0.5) is 19.0 Å². The van der Waals surface area contributed by atoms with Crippen molar-refractivity contribution in [1.29, 1.82) is 0 Å². The average molecular weight is 271 g/mol. The Labute approximate surface area is 107 Å². The molecule has 2 N–H and O–H groups in total. The maximum atomic E-state index is 12.8. The van der Waals surface area contributed by atoms with Crippen molar-refractivity contribution in [1.82, 2.24) is 20.2 Å². The van der Waals surface area contributed by atoms with Gasteiger partial charge in [-0.15, -0.1) is 0 Å². The molecule has 2 aromatic heterocycles. The lowest BCUT2D eigenvalue weighted by Crippen LogP contribution is -2.15. The third kappa shape index (κ3) is 3.21. The van der Waals surface area contributed by atoms with Gasteiger partial charge in [-0.1, -0.05) is 0 Å². The van der Waals surface area contributed by atoms with E-state index < -0.39 is 11.9 Å². The Hall–Kier alpha value is -2.12. The number of aromatic amines is 1. The fourth-order valence-electron chi connectivity index (χ4n) is 1.52. The monoisotopic (exact) mass is 271 g/mol. The highest BCUT2D eigenvalue weighted by Gasteiger charge is 2.33. The van der Waals surface area contributed by atoms with Gasteiger partial charge >= 0.3 is 6.18 Å². The van der Waals surface area contributed by atoms with Gasteiger partial charge in [0.15, 0.2) is 5.82 Å². The zero-order chi connectivity index (χ0) is 14.0. The number of H-pyrrole nitrogens is 1. The highest BCUT2D eigenvalue weighted by molar-refractivity contribution is 5.60. The van der Waals surface area contributed by atoms with Crippen molar-refractivity contribution in [3.8, 4) is 11.4 Å². The predicted octanol–water partition coefficient (Wildman–Crippen LogP) is 2.71. The summed E-state index contributed by atoms with van der Waals surface area (Å²) < 4.78 is 38.4. The number of rotatable bonds is 3. The SMILES string of the molecule is CC(C)Nc1cc(-c2nc[nH]n2)cc(C(F)(F)F)n1. The molecular weight excluding hydrogens is 259 g/mol. The second kappa shape index (κ2) is 4.87. The fourth-order valence-corrected chi connectivity index (χ4v) is 1.52. The van der Waals surface area contributed by atoms with Gasteiger partial charge in [0, 0.05) is 11.6 Å². The quantitative estimate of drug-likeness (QED) is 0.900. The third-order valence-corrected chi connectivity index (χ3v) is 2.23. The molecule has 0 aromatic carbocycles. The van der Waals surface area contributed by atoms with E-state index in [2.05, 4.69) is 25.5 Å². The highest BCUT2D eigenvalue weighted by Crippen LogP contribution is 2.31. The first-order valence-corrected chi connectivity index (χ1v) is 5.58. The molecule has 5 nitrogen and oxygen atoms in total. The van der Waals surface area contributed by atoms with Gasteiger partial charge in [-0.25, -0.2) is 9.97 Å². The molecule has 0 bridgehead atoms. The summed E-state index contributed by atoms with van der Waals surface area (Å²) in [5.74, 6) is 0.337. The fraction of sp³-hybridized carbons (Fsp3) is 0.364. The van der Waals surface area contributed by atoms with Crippen molar-refractivity contribution in [3.63, 3.8) is 0 Å². The Kier molecular flexibility index (Phi) is 3.41. The van der Waals surface area contributed by atoms with Crippen LogP contribution < -0.4 is 5.32 Å². The van der Waals surface area contributed by atoms with E-state index in [1.165, 1.54) is 12.4 Å². The summed E-state index contributed by atoms with van der Waals surface area (Å²) in [6, 6.07) is 2.38. The maximum absolute atomic E-state index is 12.8. The second-order valence-corrected chi connectivity index (χ2v) is 4.25. The minimum atomic E-state index is -4.51. The van der Waals surface area contributed by atoms with E-state index in [-0.39, 0.29) is 23.2 Å². The molecule has 0 unspecified atom stereocenters. The van der Waals surface area contributed by atoms with E-state index in [1.54, 1.807) is 0 Å². The third-order valence-electron chi connectivity index (χ3n) is 2.23. The lowest BCUT2D eigenvalue weighted by Gasteiger charge is -2.13. The van der Waals surface area contributed by atoms with E-state index >= 15 is 0 Å². The zero-order valence-electron chi connectivity index (χ0n) is 10.3. The van der Waals surface area contributed by atoms with Crippen molar-refractivity contribution in [2.24, 2.45) is 0 Å². The summed E-state index contributed by atoms with van der Waals surface area (Å²) in [7, 11) is 0. The van der Waals surface area contributed by atoms with Crippen LogP contribution in [0.1, 0.15) is 19.5 Å². The molecule has 0 aliphatic rings. The summed E-state index contributed by atoms with van der Waals surface area (Å²) in [4.78, 5) is 7.39. The summed E-state index contributed by atoms with van der Waals surface area (Å²) in [5, 5.41) is 9.08. The maximum Gasteiger partial charge on any atom is 0.433 e. The van der Waals surface area contributed by atoms with Crippen molar-refractivity contribution in [2.45, 2.75) is 26.1 Å². The highest BCUT2D eigenvalue weighted by atomic mass is 19.4. The lowest BCUT2D eigenvalue weighted by atomic mass is 10.2. The molecule has 19 heavy (non-hydrogen) atoms. The Morgan fingerprint density at radius 1 is 1.26 bits per heavy atom. The number of anilines is 1. The van der Waals surface area contributed by atoms with Crippen LogP contribution in [0.25, 0.3) is 11.4 Å². The largest absolute Gasteiger partial charge is 0.433 e. The van der Waals surface area contributed by atoms with Crippen LogP contribution in [0.5, 0.6) is 0 Å². The van der Waals surface area contributed by atoms with Gasteiger partial charge < -0.3 is 5.32 Å². The number of alkyl halides is 3. The van der Waals surface area contributed by atoms with E-state index in [4.69, 9.17) is 0 Å². The Morgan fingerprint density at radius 3 is 2.53 bits per heavy atom. The molecule has 2 aromatic rings.